The van der Waals surface area contributed by atoms with E-state index in [-0.39, 0.29) is 44.8 Å². The van der Waals surface area contributed by atoms with Gasteiger partial charge in [0.15, 0.2) is 0 Å². The Labute approximate surface area is 374 Å². The van der Waals surface area contributed by atoms with Gasteiger partial charge in [0.05, 0.1) is 0 Å². The Morgan fingerprint density at radius 1 is 0.561 bits per heavy atom. The summed E-state index contributed by atoms with van der Waals surface area (Å²) in [6, 6.07) is 66.9. The third kappa shape index (κ3) is 10.8. The van der Waals surface area contributed by atoms with Gasteiger partial charge in [-0.15, -0.1) is 11.6 Å². The van der Waals surface area contributed by atoms with Gasteiger partial charge in [-0.05, 0) is 82.2 Å². The Balaban J connectivity index is 0.000000290. The van der Waals surface area contributed by atoms with E-state index in [0.717, 1.165) is 0 Å². The molecule has 0 saturated carbocycles. The minimum Gasteiger partial charge on any atom is -0.697 e. The molecule has 0 spiro atoms. The summed E-state index contributed by atoms with van der Waals surface area (Å²) in [5.41, 5.74) is 1.96. The summed E-state index contributed by atoms with van der Waals surface area (Å²) >= 11 is 0. The van der Waals surface area contributed by atoms with E-state index in [9.17, 15) is 0 Å². The van der Waals surface area contributed by atoms with Crippen molar-refractivity contribution in [1.82, 2.24) is 0 Å². The third-order valence-corrected chi connectivity index (χ3v) is 19.3. The van der Waals surface area contributed by atoms with E-state index >= 15 is 0 Å². The Kier molecular flexibility index (Phi) is 17.5. The summed E-state index contributed by atoms with van der Waals surface area (Å²) in [4.78, 5) is 0. The number of fused-ring (bicyclic) bond motifs is 2. The van der Waals surface area contributed by atoms with Crippen molar-refractivity contribution in [2.45, 2.75) is 13.1 Å². The van der Waals surface area contributed by atoms with E-state index in [0.29, 0.717) is 5.57 Å². The van der Waals surface area contributed by atoms with Gasteiger partial charge < -0.3 is 19.3 Å². The average Bonchev–Trinajstić information content (AvgIpc) is 3.51. The molecule has 1 aliphatic heterocycles. The van der Waals surface area contributed by atoms with E-state index in [1.54, 1.807) is 0 Å². The molecule has 0 amide bonds. The second kappa shape index (κ2) is 22.0. The second-order valence-corrected chi connectivity index (χ2v) is 23.0. The molecule has 286 valence electrons. The Bertz CT molecular complexity index is 2300. The quantitative estimate of drug-likeness (QED) is 0.0469. The fourth-order valence-electron chi connectivity index (χ4n) is 7.21. The molecule has 0 aromatic heterocycles. The number of allylic oxidation sites excluding steroid dienone is 4. The SMILES string of the molecule is [Au+].[Au+].[C-]#C.[C-]#CC(=C)/C=C\C1=Cc2ccccc2[Si]1(C)C.c1ccc([PH+](c2ccccc2)c2cc3ccccc3cc2[PH+](c2ccccc2)c2ccccc2)cc1. The molecule has 0 nitrogen and oxygen atoms in total. The molecule has 7 aromatic rings. The van der Waals surface area contributed by atoms with E-state index in [2.05, 4.69) is 226 Å². The summed E-state index contributed by atoms with van der Waals surface area (Å²) in [5.74, 6) is 2.29. The van der Waals surface area contributed by atoms with Crippen molar-refractivity contribution >= 4 is 77.8 Å². The predicted octanol–water partition coefficient (Wildman–Crippen LogP) is 9.26. The van der Waals surface area contributed by atoms with Crippen LogP contribution in [0.15, 0.2) is 211 Å². The summed E-state index contributed by atoms with van der Waals surface area (Å²) in [7, 11) is -3.99. The van der Waals surface area contributed by atoms with E-state index in [1.165, 1.54) is 58.5 Å². The zero-order valence-corrected chi connectivity index (χ0v) is 39.3. The van der Waals surface area contributed by atoms with Crippen LogP contribution in [0.5, 0.6) is 0 Å². The van der Waals surface area contributed by atoms with Crippen molar-refractivity contribution in [2.24, 2.45) is 0 Å². The van der Waals surface area contributed by atoms with Crippen LogP contribution >= 0.6 is 15.8 Å². The molecule has 0 unspecified atom stereocenters. The molecular weight excluding hydrogens is 1110 g/mol. The van der Waals surface area contributed by atoms with Crippen molar-refractivity contribution in [1.29, 1.82) is 0 Å². The molecule has 57 heavy (non-hydrogen) atoms. The topological polar surface area (TPSA) is 0 Å². The molecule has 0 atom stereocenters. The van der Waals surface area contributed by atoms with Gasteiger partial charge in [-0.2, -0.15) is 6.58 Å². The van der Waals surface area contributed by atoms with Crippen LogP contribution in [0.1, 0.15) is 5.56 Å². The first-order valence-corrected chi connectivity index (χ1v) is 24.3. The molecule has 0 aliphatic carbocycles. The van der Waals surface area contributed by atoms with Crippen molar-refractivity contribution in [3.8, 4) is 12.3 Å². The van der Waals surface area contributed by atoms with Crippen molar-refractivity contribution in [2.75, 3.05) is 0 Å². The first-order chi connectivity index (χ1) is 26.9. The average molecular weight is 1150 g/mol. The largest absolute Gasteiger partial charge is 1.00 e. The standard InChI is InChI=1S/C34H26P2.C16H15Si.C2H.2Au/c1-5-17-29(18-6-1)35(30-19-7-2-8-20-30)33-25-27-15-13-14-16-28(27)26-34(33)36(31-21-9-3-10-22-31)32-23-11-4-12-24-32;1-5-13(2)10-11-15-12-14-8-6-7-9-16(14)17(15,3)4;1-2;;/h1-26H;6-12H,2H2,3-4H3;1H;;/q;2*-1;2*+1/p+2/b;11-10-;;;. The first-order valence-electron chi connectivity index (χ1n) is 18.3. The third-order valence-electron chi connectivity index (χ3n) is 9.97. The fraction of sp³-hybridized carbons (Fsp3) is 0.0385. The first kappa shape index (κ1) is 45.4. The molecule has 0 saturated heterocycles. The Hall–Kier alpha value is -4.30. The van der Waals surface area contributed by atoms with Gasteiger partial charge in [0.2, 0.25) is 0 Å². The number of rotatable bonds is 8. The molecule has 1 aliphatic rings. The molecule has 0 fully saturated rings. The molecular formula is C52H44Au2P2Si+2. The van der Waals surface area contributed by atoms with Crippen LogP contribution in [0.2, 0.25) is 13.1 Å². The maximum atomic E-state index is 7.00. The number of terminal acetylenes is 1. The molecule has 0 bridgehead atoms. The van der Waals surface area contributed by atoms with Crippen LogP contribution in [0.4, 0.5) is 0 Å². The number of benzene rings is 7. The van der Waals surface area contributed by atoms with Gasteiger partial charge in [-0.1, -0.05) is 152 Å². The van der Waals surface area contributed by atoms with Crippen molar-refractivity contribution < 1.29 is 44.8 Å². The van der Waals surface area contributed by atoms with Crippen LogP contribution in [0.25, 0.3) is 16.8 Å². The number of hydrogen-bond acceptors (Lipinski definition) is 0. The van der Waals surface area contributed by atoms with Crippen LogP contribution in [0, 0.1) is 25.2 Å². The van der Waals surface area contributed by atoms with Crippen molar-refractivity contribution in [3.05, 3.63) is 230 Å². The van der Waals surface area contributed by atoms with Crippen LogP contribution in [-0.4, -0.2) is 8.07 Å². The smallest absolute Gasteiger partial charge is 0.697 e. The molecule has 7 aromatic carbocycles. The summed E-state index contributed by atoms with van der Waals surface area (Å²) in [5, 5.41) is 14.2. The molecule has 5 heteroatoms. The van der Waals surface area contributed by atoms with Crippen LogP contribution in [-0.2, 0) is 44.8 Å². The van der Waals surface area contributed by atoms with Gasteiger partial charge >= 0.3 is 44.8 Å². The zero-order chi connectivity index (χ0) is 38.6. The van der Waals surface area contributed by atoms with Gasteiger partial charge in [0, 0.05) is 0 Å². The van der Waals surface area contributed by atoms with E-state index in [4.69, 9.17) is 12.8 Å². The van der Waals surface area contributed by atoms with Gasteiger partial charge in [0.1, 0.15) is 55.7 Å². The Morgan fingerprint density at radius 3 is 1.28 bits per heavy atom. The normalized spacial score (nSPS) is 12.1. The molecule has 1 heterocycles. The molecule has 0 radical (unpaired) electrons. The van der Waals surface area contributed by atoms with Gasteiger partial charge in [-0.3, -0.25) is 5.92 Å². The fourth-order valence-corrected chi connectivity index (χ4v) is 16.0. The van der Waals surface area contributed by atoms with Crippen LogP contribution in [0.3, 0.4) is 0 Å². The van der Waals surface area contributed by atoms with E-state index in [1.807, 2.05) is 6.08 Å². The minimum atomic E-state index is -1.53. The maximum Gasteiger partial charge on any atom is 1.00 e. The predicted molar refractivity (Wildman–Crippen MR) is 249 cm³/mol. The summed E-state index contributed by atoms with van der Waals surface area (Å²) in [6.45, 7) is 8.44. The second-order valence-electron chi connectivity index (χ2n) is 13.8. The molecule has 8 rings (SSSR count). The number of hydrogen-bond donors (Lipinski definition) is 0. The summed E-state index contributed by atoms with van der Waals surface area (Å²) in [6.07, 6.45) is 22.2. The maximum absolute atomic E-state index is 7.00. The monoisotopic (exact) mass is 1150 g/mol. The van der Waals surface area contributed by atoms with E-state index < -0.39 is 23.9 Å². The Morgan fingerprint density at radius 2 is 0.912 bits per heavy atom. The summed E-state index contributed by atoms with van der Waals surface area (Å²) < 4.78 is 0. The van der Waals surface area contributed by atoms with Crippen molar-refractivity contribution in [3.63, 3.8) is 0 Å². The zero-order valence-electron chi connectivity index (χ0n) is 31.9. The van der Waals surface area contributed by atoms with Gasteiger partial charge in [0.25, 0.3) is 0 Å². The minimum absolute atomic E-state index is 0. The molecule has 0 N–H and O–H groups in total. The van der Waals surface area contributed by atoms with Gasteiger partial charge in [-0.25, -0.2) is 0 Å². The van der Waals surface area contributed by atoms with Crippen LogP contribution < -0.4 is 37.0 Å².